The molecule has 31 heavy (non-hydrogen) atoms. The highest BCUT2D eigenvalue weighted by Gasteiger charge is 2.19. The fourth-order valence-electron chi connectivity index (χ4n) is 3.16. The number of amidine groups is 1. The maximum atomic E-state index is 12.7. The van der Waals surface area contributed by atoms with E-state index in [9.17, 15) is 9.59 Å². The molecule has 162 valence electrons. The van der Waals surface area contributed by atoms with Gasteiger partial charge in [-0.3, -0.25) is 15.0 Å². The zero-order chi connectivity index (χ0) is 22.5. The molecule has 0 atom stereocenters. The fraction of sp³-hybridized carbons (Fsp3) is 0.273. The minimum atomic E-state index is -0.983. The molecule has 0 saturated heterocycles. The first-order valence-corrected chi connectivity index (χ1v) is 9.90. The number of nitrogens with two attached hydrogens (primary N) is 1. The maximum Gasteiger partial charge on any atom is 0.305 e. The summed E-state index contributed by atoms with van der Waals surface area (Å²) in [6.07, 6.45) is 0.611. The van der Waals surface area contributed by atoms with Crippen LogP contribution < -0.4 is 15.8 Å². The topological polar surface area (TPSA) is 143 Å². The smallest absolute Gasteiger partial charge is 0.305 e. The first-order valence-electron chi connectivity index (χ1n) is 9.90. The zero-order valence-corrected chi connectivity index (χ0v) is 17.4. The summed E-state index contributed by atoms with van der Waals surface area (Å²) in [7, 11) is 1.87. The van der Waals surface area contributed by atoms with Crippen LogP contribution in [0, 0.1) is 5.41 Å². The summed E-state index contributed by atoms with van der Waals surface area (Å²) in [6, 6.07) is 10.6. The third kappa shape index (κ3) is 4.82. The number of benzene rings is 2. The summed E-state index contributed by atoms with van der Waals surface area (Å²) < 4.78 is 7.71. The van der Waals surface area contributed by atoms with Gasteiger partial charge in [0.25, 0.3) is 5.91 Å². The van der Waals surface area contributed by atoms with Crippen LogP contribution in [0.25, 0.3) is 22.4 Å². The number of carbonyl (C=O) groups is 2. The van der Waals surface area contributed by atoms with E-state index < -0.39 is 11.9 Å². The molecular formula is C22H25N5O4. The molecule has 1 heterocycles. The van der Waals surface area contributed by atoms with E-state index in [1.165, 1.54) is 0 Å². The van der Waals surface area contributed by atoms with Crippen molar-refractivity contribution in [3.63, 3.8) is 0 Å². The van der Waals surface area contributed by atoms with Gasteiger partial charge < -0.3 is 25.5 Å². The lowest BCUT2D eigenvalue weighted by atomic mass is 10.1. The van der Waals surface area contributed by atoms with Gasteiger partial charge in [0, 0.05) is 30.8 Å². The third-order valence-electron chi connectivity index (χ3n) is 4.77. The molecule has 0 bridgehead atoms. The van der Waals surface area contributed by atoms with Crippen molar-refractivity contribution < 1.29 is 19.4 Å². The number of carboxylic acids is 1. The molecule has 0 saturated carbocycles. The molecule has 0 aliphatic rings. The van der Waals surface area contributed by atoms with Crippen LogP contribution in [0.1, 0.15) is 35.7 Å². The van der Waals surface area contributed by atoms with E-state index in [0.29, 0.717) is 34.8 Å². The van der Waals surface area contributed by atoms with E-state index in [1.54, 1.807) is 24.3 Å². The molecule has 1 aromatic heterocycles. The van der Waals surface area contributed by atoms with Crippen molar-refractivity contribution in [3.05, 3.63) is 47.5 Å². The van der Waals surface area contributed by atoms with Gasteiger partial charge in [0.15, 0.2) is 0 Å². The second kappa shape index (κ2) is 9.29. The number of carboxylic acid groups (broad SMARTS) is 1. The monoisotopic (exact) mass is 423 g/mol. The molecule has 0 fully saturated rings. The number of hydrogen-bond acceptors (Lipinski definition) is 5. The van der Waals surface area contributed by atoms with Gasteiger partial charge in [-0.2, -0.15) is 0 Å². The normalized spacial score (nSPS) is 10.8. The Bertz CT molecular complexity index is 1140. The molecule has 0 unspecified atom stereocenters. The molecule has 5 N–H and O–H groups in total. The van der Waals surface area contributed by atoms with Crippen LogP contribution >= 0.6 is 0 Å². The SMILES string of the molecule is CCCOc1cc2c(cc1C(=O)NCCC(=O)O)nc(-c1ccc(C(=N)N)cc1)n2C. The highest BCUT2D eigenvalue weighted by molar-refractivity contribution is 6.01. The second-order valence-corrected chi connectivity index (χ2v) is 7.07. The molecular weight excluding hydrogens is 398 g/mol. The van der Waals surface area contributed by atoms with Gasteiger partial charge in [0.1, 0.15) is 17.4 Å². The molecule has 0 radical (unpaired) electrons. The summed E-state index contributed by atoms with van der Waals surface area (Å²) in [5.41, 5.74) is 8.70. The zero-order valence-electron chi connectivity index (χ0n) is 17.4. The fourth-order valence-corrected chi connectivity index (χ4v) is 3.16. The number of ether oxygens (including phenoxy) is 1. The summed E-state index contributed by atoms with van der Waals surface area (Å²) in [5.74, 6) is -0.290. The minimum absolute atomic E-state index is 0.00665. The molecule has 9 nitrogen and oxygen atoms in total. The van der Waals surface area contributed by atoms with Crippen molar-refractivity contribution in [1.82, 2.24) is 14.9 Å². The number of aryl methyl sites for hydroxylation is 1. The number of rotatable bonds is 9. The maximum absolute atomic E-state index is 12.7. The number of carbonyl (C=O) groups excluding carboxylic acids is 1. The average molecular weight is 423 g/mol. The highest BCUT2D eigenvalue weighted by Crippen LogP contribution is 2.30. The quantitative estimate of drug-likeness (QED) is 0.308. The molecule has 0 aliphatic heterocycles. The van der Waals surface area contributed by atoms with Gasteiger partial charge in [0.2, 0.25) is 0 Å². The second-order valence-electron chi connectivity index (χ2n) is 7.07. The van der Waals surface area contributed by atoms with Crippen molar-refractivity contribution >= 4 is 28.7 Å². The Kier molecular flexibility index (Phi) is 6.54. The number of aliphatic carboxylic acids is 1. The van der Waals surface area contributed by atoms with Crippen LogP contribution in [0.5, 0.6) is 5.75 Å². The predicted octanol–water partition coefficient (Wildman–Crippen LogP) is 2.52. The number of amides is 1. The van der Waals surface area contributed by atoms with Crippen LogP contribution in [-0.4, -0.2) is 45.5 Å². The Morgan fingerprint density at radius 3 is 2.58 bits per heavy atom. The van der Waals surface area contributed by atoms with E-state index >= 15 is 0 Å². The number of aromatic nitrogens is 2. The molecule has 0 spiro atoms. The highest BCUT2D eigenvalue weighted by atomic mass is 16.5. The van der Waals surface area contributed by atoms with E-state index in [2.05, 4.69) is 10.3 Å². The molecule has 3 rings (SSSR count). The number of nitrogens with one attached hydrogen (secondary N) is 2. The average Bonchev–Trinajstić information content (AvgIpc) is 3.07. The van der Waals surface area contributed by atoms with Gasteiger partial charge >= 0.3 is 5.97 Å². The molecule has 9 heteroatoms. The van der Waals surface area contributed by atoms with Gasteiger partial charge in [-0.05, 0) is 12.5 Å². The third-order valence-corrected chi connectivity index (χ3v) is 4.77. The van der Waals surface area contributed by atoms with Gasteiger partial charge in [-0.1, -0.05) is 31.2 Å². The lowest BCUT2D eigenvalue weighted by Gasteiger charge is -2.12. The number of hydrogen-bond donors (Lipinski definition) is 4. The van der Waals surface area contributed by atoms with Crippen LogP contribution in [0.3, 0.4) is 0 Å². The standard InChI is InChI=1S/C22H25N5O4/c1-3-10-31-18-12-17-16(11-15(18)22(30)25-9-8-19(28)29)26-21(27(17)2)14-6-4-13(5-7-14)20(23)24/h4-7,11-12H,3,8-10H2,1-2H3,(H3,23,24)(H,25,30)(H,28,29). The van der Waals surface area contributed by atoms with Crippen LogP contribution in [-0.2, 0) is 11.8 Å². The number of nitrogen functional groups attached to an aromatic ring is 1. The Hall–Kier alpha value is -3.88. The van der Waals surface area contributed by atoms with E-state index in [1.807, 2.05) is 30.7 Å². The van der Waals surface area contributed by atoms with Crippen molar-refractivity contribution in [2.24, 2.45) is 12.8 Å². The first kappa shape index (κ1) is 21.8. The van der Waals surface area contributed by atoms with Crippen molar-refractivity contribution in [1.29, 1.82) is 5.41 Å². The lowest BCUT2D eigenvalue weighted by molar-refractivity contribution is -0.136. The Labute approximate surface area is 179 Å². The summed E-state index contributed by atoms with van der Waals surface area (Å²) in [4.78, 5) is 28.1. The van der Waals surface area contributed by atoms with Crippen LogP contribution in [0.4, 0.5) is 0 Å². The summed E-state index contributed by atoms with van der Waals surface area (Å²) >= 11 is 0. The minimum Gasteiger partial charge on any atom is -0.493 e. The van der Waals surface area contributed by atoms with Gasteiger partial charge in [0.05, 0.1) is 29.6 Å². The number of nitrogens with zero attached hydrogens (tertiary/aromatic N) is 2. The Morgan fingerprint density at radius 1 is 1.26 bits per heavy atom. The number of imidazole rings is 1. The van der Waals surface area contributed by atoms with Crippen molar-refractivity contribution in [3.8, 4) is 17.1 Å². The van der Waals surface area contributed by atoms with E-state index in [-0.39, 0.29) is 18.8 Å². The molecule has 3 aromatic rings. The van der Waals surface area contributed by atoms with Crippen LogP contribution in [0.15, 0.2) is 36.4 Å². The molecule has 1 amide bonds. The first-order chi connectivity index (χ1) is 14.8. The predicted molar refractivity (Wildman–Crippen MR) is 118 cm³/mol. The van der Waals surface area contributed by atoms with Gasteiger partial charge in [-0.15, -0.1) is 0 Å². The van der Waals surface area contributed by atoms with Crippen molar-refractivity contribution in [2.75, 3.05) is 13.2 Å². The van der Waals surface area contributed by atoms with E-state index in [4.69, 9.17) is 21.0 Å². The summed E-state index contributed by atoms with van der Waals surface area (Å²) in [5, 5.41) is 18.9. The Balaban J connectivity index is 2.01. The largest absolute Gasteiger partial charge is 0.493 e. The molecule has 2 aromatic carbocycles. The van der Waals surface area contributed by atoms with Crippen molar-refractivity contribution in [2.45, 2.75) is 19.8 Å². The Morgan fingerprint density at radius 2 is 1.97 bits per heavy atom. The lowest BCUT2D eigenvalue weighted by Crippen LogP contribution is -2.26. The van der Waals surface area contributed by atoms with Crippen LogP contribution in [0.2, 0.25) is 0 Å². The summed E-state index contributed by atoms with van der Waals surface area (Å²) in [6.45, 7) is 2.44. The van der Waals surface area contributed by atoms with E-state index in [0.717, 1.165) is 17.5 Å². The molecule has 0 aliphatic carbocycles. The van der Waals surface area contributed by atoms with Gasteiger partial charge in [-0.25, -0.2) is 4.98 Å². The number of fused-ring (bicyclic) bond motifs is 1.